The molecule has 0 aromatic carbocycles. The predicted molar refractivity (Wildman–Crippen MR) is 74.1 cm³/mol. The fraction of sp³-hybridized carbons (Fsp3) is 0.615. The monoisotopic (exact) mass is 271 g/mol. The number of nitrogens with one attached hydrogen (secondary N) is 1. The largest absolute Gasteiger partial charge is 0.463 e. The third-order valence-corrected chi connectivity index (χ3v) is 3.52. The van der Waals surface area contributed by atoms with E-state index in [9.17, 15) is 4.79 Å². The summed E-state index contributed by atoms with van der Waals surface area (Å²) in [5, 5.41) is 3.49. The summed E-state index contributed by atoms with van der Waals surface area (Å²) in [6.07, 6.45) is 3.16. The van der Waals surface area contributed by atoms with Crippen molar-refractivity contribution < 1.29 is 13.9 Å². The van der Waals surface area contributed by atoms with Crippen LogP contribution in [-0.2, 0) is 4.74 Å². The van der Waals surface area contributed by atoms with Gasteiger partial charge in [0.1, 0.15) is 5.76 Å². The van der Waals surface area contributed by atoms with Crippen LogP contribution in [0.4, 0.5) is 0 Å². The van der Waals surface area contributed by atoms with Crippen molar-refractivity contribution in [1.82, 2.24) is 5.32 Å². The quantitative estimate of drug-likeness (QED) is 0.773. The second-order valence-electron chi connectivity index (χ2n) is 4.14. The lowest BCUT2D eigenvalue weighted by Gasteiger charge is -2.20. The molecular weight excluding hydrogens is 250 g/mol. The van der Waals surface area contributed by atoms with E-state index in [2.05, 4.69) is 23.2 Å². The summed E-state index contributed by atoms with van der Waals surface area (Å²) in [6, 6.07) is 3.99. The molecule has 0 fully saturated rings. The highest BCUT2D eigenvalue weighted by Gasteiger charge is 2.17. The molecule has 0 aliphatic carbocycles. The summed E-state index contributed by atoms with van der Waals surface area (Å²) in [6.45, 7) is 4.19. The Morgan fingerprint density at radius 2 is 2.28 bits per heavy atom. The van der Waals surface area contributed by atoms with Crippen molar-refractivity contribution in [3.05, 3.63) is 23.7 Å². The first-order valence-corrected chi connectivity index (χ1v) is 7.44. The maximum atomic E-state index is 11.3. The highest BCUT2D eigenvalue weighted by atomic mass is 32.2. The normalized spacial score (nSPS) is 14.2. The Labute approximate surface area is 112 Å². The van der Waals surface area contributed by atoms with Gasteiger partial charge in [0, 0.05) is 11.8 Å². The molecule has 1 N–H and O–H groups in total. The van der Waals surface area contributed by atoms with Crippen LogP contribution in [0.2, 0.25) is 0 Å². The van der Waals surface area contributed by atoms with Crippen LogP contribution < -0.4 is 5.32 Å². The van der Waals surface area contributed by atoms with Crippen LogP contribution in [-0.4, -0.2) is 31.1 Å². The van der Waals surface area contributed by atoms with E-state index in [1.54, 1.807) is 6.07 Å². The van der Waals surface area contributed by atoms with E-state index >= 15 is 0 Å². The summed E-state index contributed by atoms with van der Waals surface area (Å²) in [4.78, 5) is 11.3. The molecule has 0 spiro atoms. The van der Waals surface area contributed by atoms with Gasteiger partial charge < -0.3 is 14.5 Å². The van der Waals surface area contributed by atoms with E-state index in [4.69, 9.17) is 4.42 Å². The van der Waals surface area contributed by atoms with Gasteiger partial charge in [-0.2, -0.15) is 11.8 Å². The van der Waals surface area contributed by atoms with Crippen molar-refractivity contribution >= 4 is 17.7 Å². The molecule has 0 aliphatic heterocycles. The zero-order chi connectivity index (χ0) is 13.5. The van der Waals surface area contributed by atoms with E-state index in [0.717, 1.165) is 17.9 Å². The van der Waals surface area contributed by atoms with Gasteiger partial charge in [-0.05, 0) is 31.7 Å². The molecule has 1 aromatic heterocycles. The maximum absolute atomic E-state index is 11.3. The van der Waals surface area contributed by atoms with Gasteiger partial charge in [-0.3, -0.25) is 0 Å². The molecule has 0 saturated heterocycles. The van der Waals surface area contributed by atoms with Crippen LogP contribution >= 0.6 is 11.8 Å². The summed E-state index contributed by atoms with van der Waals surface area (Å²) in [5.41, 5.74) is 0. The molecule has 1 aromatic rings. The van der Waals surface area contributed by atoms with Gasteiger partial charge in [-0.15, -0.1) is 0 Å². The van der Waals surface area contributed by atoms with Crippen molar-refractivity contribution in [2.24, 2.45) is 0 Å². The first-order chi connectivity index (χ1) is 8.62. The van der Waals surface area contributed by atoms with Crippen molar-refractivity contribution in [2.45, 2.75) is 32.4 Å². The van der Waals surface area contributed by atoms with Gasteiger partial charge >= 0.3 is 5.97 Å². The summed E-state index contributed by atoms with van der Waals surface area (Å²) in [5.74, 6) is 1.63. The number of methoxy groups -OCH3 is 1. The van der Waals surface area contributed by atoms with E-state index in [1.807, 2.05) is 24.8 Å². The predicted octanol–water partition coefficient (Wildman–Crippen LogP) is 2.86. The molecule has 0 saturated carbocycles. The fourth-order valence-corrected chi connectivity index (χ4v) is 2.45. The number of ether oxygens (including phenoxy) is 1. The first-order valence-electron chi connectivity index (χ1n) is 6.05. The number of hydrogen-bond donors (Lipinski definition) is 1. The Hall–Kier alpha value is -0.940. The average molecular weight is 271 g/mol. The minimum atomic E-state index is -0.440. The number of furan rings is 1. The van der Waals surface area contributed by atoms with Crippen molar-refractivity contribution in [1.29, 1.82) is 0 Å². The molecule has 0 amide bonds. The van der Waals surface area contributed by atoms with Crippen LogP contribution in [0.25, 0.3) is 0 Å². The highest BCUT2D eigenvalue weighted by molar-refractivity contribution is 7.98. The van der Waals surface area contributed by atoms with Crippen molar-refractivity contribution in [3.8, 4) is 0 Å². The molecule has 2 atom stereocenters. The zero-order valence-corrected chi connectivity index (χ0v) is 12.2. The number of rotatable bonds is 7. The lowest BCUT2D eigenvalue weighted by Crippen LogP contribution is -2.32. The first kappa shape index (κ1) is 15.1. The molecule has 102 valence electrons. The second kappa shape index (κ2) is 7.48. The third-order valence-electron chi connectivity index (χ3n) is 2.79. The standard InChI is InChI=1S/C13H21NO3S/c1-5-10(8-18-4)14-9(2)11-6-7-12(17-11)13(15)16-3/h6-7,9-10,14H,5,8H2,1-4H3. The molecule has 0 radical (unpaired) electrons. The van der Waals surface area contributed by atoms with E-state index < -0.39 is 5.97 Å². The van der Waals surface area contributed by atoms with Crippen LogP contribution in [0.3, 0.4) is 0 Å². The Morgan fingerprint density at radius 3 is 2.83 bits per heavy atom. The molecule has 1 rings (SSSR count). The lowest BCUT2D eigenvalue weighted by atomic mass is 10.2. The summed E-state index contributed by atoms with van der Waals surface area (Å²) in [7, 11) is 1.35. The second-order valence-corrected chi connectivity index (χ2v) is 5.05. The van der Waals surface area contributed by atoms with Gasteiger partial charge in [0.2, 0.25) is 5.76 Å². The van der Waals surface area contributed by atoms with Crippen LogP contribution in [0.5, 0.6) is 0 Å². The van der Waals surface area contributed by atoms with Gasteiger partial charge in [-0.25, -0.2) is 4.79 Å². The smallest absolute Gasteiger partial charge is 0.373 e. The minimum Gasteiger partial charge on any atom is -0.463 e. The number of thioether (sulfide) groups is 1. The highest BCUT2D eigenvalue weighted by Crippen LogP contribution is 2.18. The maximum Gasteiger partial charge on any atom is 0.373 e. The number of carbonyl (C=O) groups excluding carboxylic acids is 1. The molecule has 0 bridgehead atoms. The van der Waals surface area contributed by atoms with Gasteiger partial charge in [0.15, 0.2) is 0 Å². The van der Waals surface area contributed by atoms with E-state index in [1.165, 1.54) is 7.11 Å². The average Bonchev–Trinajstić information content (AvgIpc) is 2.86. The molecule has 0 aliphatic rings. The Bertz CT molecular complexity index is 378. The molecule has 1 heterocycles. The SMILES string of the molecule is CCC(CSC)NC(C)c1ccc(C(=O)OC)o1. The zero-order valence-electron chi connectivity index (χ0n) is 11.4. The van der Waals surface area contributed by atoms with Gasteiger partial charge in [-0.1, -0.05) is 6.92 Å². The van der Waals surface area contributed by atoms with Crippen molar-refractivity contribution in [3.63, 3.8) is 0 Å². The van der Waals surface area contributed by atoms with E-state index in [0.29, 0.717) is 6.04 Å². The Balaban J connectivity index is 2.63. The topological polar surface area (TPSA) is 51.5 Å². The van der Waals surface area contributed by atoms with Crippen LogP contribution in [0, 0.1) is 0 Å². The summed E-state index contributed by atoms with van der Waals surface area (Å²) < 4.78 is 10.1. The number of esters is 1. The Morgan fingerprint density at radius 1 is 1.56 bits per heavy atom. The minimum absolute atomic E-state index is 0.0838. The van der Waals surface area contributed by atoms with Gasteiger partial charge in [0.05, 0.1) is 13.2 Å². The summed E-state index contributed by atoms with van der Waals surface area (Å²) >= 11 is 1.82. The number of carbonyl (C=O) groups is 1. The third kappa shape index (κ3) is 4.07. The molecular formula is C13H21NO3S. The fourth-order valence-electron chi connectivity index (χ4n) is 1.72. The van der Waals surface area contributed by atoms with Gasteiger partial charge in [0.25, 0.3) is 0 Å². The molecule has 2 unspecified atom stereocenters. The van der Waals surface area contributed by atoms with E-state index in [-0.39, 0.29) is 11.8 Å². The molecule has 4 nitrogen and oxygen atoms in total. The molecule has 18 heavy (non-hydrogen) atoms. The lowest BCUT2D eigenvalue weighted by molar-refractivity contribution is 0.0562. The van der Waals surface area contributed by atoms with Crippen LogP contribution in [0.1, 0.15) is 42.6 Å². The Kier molecular flexibility index (Phi) is 6.29. The number of hydrogen-bond acceptors (Lipinski definition) is 5. The van der Waals surface area contributed by atoms with Crippen LogP contribution in [0.15, 0.2) is 16.5 Å². The van der Waals surface area contributed by atoms with Crippen molar-refractivity contribution in [2.75, 3.05) is 19.1 Å². The molecule has 5 heteroatoms.